The highest BCUT2D eigenvalue weighted by atomic mass is 35.5. The Labute approximate surface area is 334 Å². The summed E-state index contributed by atoms with van der Waals surface area (Å²) in [6.45, 7) is 7.99. The number of likely N-dealkylation sites (tertiary alicyclic amines) is 1. The minimum absolute atomic E-state index is 0.0115. The number of carbonyl (C=O) groups excluding carboxylic acids is 1. The number of hydrogen-bond donors (Lipinski definition) is 1. The van der Waals surface area contributed by atoms with E-state index in [1.54, 1.807) is 49.0 Å². The summed E-state index contributed by atoms with van der Waals surface area (Å²) in [5, 5.41) is 12.8. The number of amides is 1. The number of anilines is 1. The normalized spacial score (nSPS) is 17.0. The van der Waals surface area contributed by atoms with E-state index in [1.165, 1.54) is 48.5 Å². The van der Waals surface area contributed by atoms with Gasteiger partial charge in [0.2, 0.25) is 10.0 Å². The van der Waals surface area contributed by atoms with Crippen LogP contribution in [0.15, 0.2) is 46.8 Å². The lowest BCUT2D eigenvalue weighted by Crippen LogP contribution is -2.52. The Hall–Kier alpha value is -4.86. The molecule has 1 N–H and O–H groups in total. The SMILES string of the molecule is CCN(c1ncc2nc(C)n(CC#Cc3ccc(Cl)cc3-c3ccnc4c(C(=O)NS(=O)(=O)CC)csc34)c(=O)c2c1C#N)C1CCN(C2CC3(CC3)C2)CC1. The molecule has 0 bridgehead atoms. The Morgan fingerprint density at radius 3 is 2.61 bits per heavy atom. The van der Waals surface area contributed by atoms with Crippen LogP contribution >= 0.6 is 22.9 Å². The molecule has 3 aliphatic rings. The number of carbonyl (C=O) groups is 1. The molecule has 288 valence electrons. The maximum atomic E-state index is 14.2. The van der Waals surface area contributed by atoms with Crippen LogP contribution in [0.3, 0.4) is 0 Å². The Morgan fingerprint density at radius 1 is 1.14 bits per heavy atom. The number of fused-ring (bicyclic) bond motifs is 2. The van der Waals surface area contributed by atoms with Gasteiger partial charge in [0.25, 0.3) is 11.5 Å². The Morgan fingerprint density at radius 2 is 1.91 bits per heavy atom. The zero-order chi connectivity index (χ0) is 39.4. The fourth-order valence-corrected chi connectivity index (χ4v) is 10.1. The summed E-state index contributed by atoms with van der Waals surface area (Å²) >= 11 is 7.73. The number of halogens is 1. The molecule has 2 saturated carbocycles. The zero-order valence-corrected chi connectivity index (χ0v) is 33.8. The van der Waals surface area contributed by atoms with E-state index in [-0.39, 0.29) is 40.4 Å². The molecule has 5 aromatic rings. The summed E-state index contributed by atoms with van der Waals surface area (Å²) in [5.41, 5.74) is 3.44. The second-order valence-electron chi connectivity index (χ2n) is 15.0. The van der Waals surface area contributed by atoms with Crippen LogP contribution in [0.1, 0.15) is 79.7 Å². The van der Waals surface area contributed by atoms with Crippen molar-refractivity contribution in [2.75, 3.05) is 30.3 Å². The van der Waals surface area contributed by atoms with E-state index in [0.717, 1.165) is 25.9 Å². The van der Waals surface area contributed by atoms with Crippen LogP contribution in [0.2, 0.25) is 5.02 Å². The van der Waals surface area contributed by atoms with Gasteiger partial charge < -0.3 is 9.80 Å². The van der Waals surface area contributed by atoms with Crippen LogP contribution in [0, 0.1) is 35.5 Å². The summed E-state index contributed by atoms with van der Waals surface area (Å²) < 4.78 is 28.4. The molecule has 0 unspecified atom stereocenters. The van der Waals surface area contributed by atoms with Crippen LogP contribution in [0.4, 0.5) is 5.82 Å². The highest BCUT2D eigenvalue weighted by Crippen LogP contribution is 2.62. The van der Waals surface area contributed by atoms with E-state index in [0.29, 0.717) is 67.1 Å². The van der Waals surface area contributed by atoms with Gasteiger partial charge in [-0.2, -0.15) is 5.26 Å². The van der Waals surface area contributed by atoms with E-state index in [9.17, 15) is 23.3 Å². The van der Waals surface area contributed by atoms with E-state index in [2.05, 4.69) is 49.3 Å². The van der Waals surface area contributed by atoms with Crippen molar-refractivity contribution in [3.63, 3.8) is 0 Å². The molecule has 0 atom stereocenters. The topological polar surface area (TPSA) is 154 Å². The molecular formula is C41H41ClN8O4S2. The highest BCUT2D eigenvalue weighted by Gasteiger charge is 2.54. The van der Waals surface area contributed by atoms with Gasteiger partial charge in [-0.25, -0.2) is 23.1 Å². The van der Waals surface area contributed by atoms with Gasteiger partial charge in [0.15, 0.2) is 0 Å². The van der Waals surface area contributed by atoms with Crippen molar-refractivity contribution in [1.29, 1.82) is 5.26 Å². The number of hydrogen-bond acceptors (Lipinski definition) is 11. The number of aromatic nitrogens is 4. The molecule has 12 nitrogen and oxygen atoms in total. The molecule has 56 heavy (non-hydrogen) atoms. The summed E-state index contributed by atoms with van der Waals surface area (Å²) in [5.74, 6) is 6.33. The first-order chi connectivity index (χ1) is 26.9. The third kappa shape index (κ3) is 7.05. The van der Waals surface area contributed by atoms with E-state index < -0.39 is 15.9 Å². The molecule has 8 rings (SSSR count). The van der Waals surface area contributed by atoms with Crippen LogP contribution in [-0.2, 0) is 16.6 Å². The highest BCUT2D eigenvalue weighted by molar-refractivity contribution is 7.90. The summed E-state index contributed by atoms with van der Waals surface area (Å²) in [6.07, 6.45) is 10.6. The Bertz CT molecular complexity index is 2670. The molecule has 3 fully saturated rings. The molecule has 15 heteroatoms. The number of sulfonamides is 1. The molecule has 2 aliphatic carbocycles. The van der Waals surface area contributed by atoms with Crippen molar-refractivity contribution in [2.45, 2.75) is 77.9 Å². The first-order valence-electron chi connectivity index (χ1n) is 19.0. The monoisotopic (exact) mass is 808 g/mol. The largest absolute Gasteiger partial charge is 0.353 e. The van der Waals surface area contributed by atoms with Crippen molar-refractivity contribution >= 4 is 65.8 Å². The maximum absolute atomic E-state index is 14.2. The fraction of sp³-hybridized carbons (Fsp3) is 0.415. The van der Waals surface area contributed by atoms with Crippen LogP contribution in [0.5, 0.6) is 0 Å². The minimum Gasteiger partial charge on any atom is -0.353 e. The molecule has 4 aromatic heterocycles. The third-order valence-electron chi connectivity index (χ3n) is 11.7. The number of nitrogens with zero attached hydrogens (tertiary/aromatic N) is 7. The van der Waals surface area contributed by atoms with Crippen molar-refractivity contribution in [3.8, 4) is 29.0 Å². The number of nitrogens with one attached hydrogen (secondary N) is 1. The minimum atomic E-state index is -3.77. The molecule has 0 radical (unpaired) electrons. The van der Waals surface area contributed by atoms with Gasteiger partial charge in [-0.05, 0) is 89.0 Å². The maximum Gasteiger partial charge on any atom is 0.267 e. The van der Waals surface area contributed by atoms with Crippen LogP contribution in [0.25, 0.3) is 32.2 Å². The predicted molar refractivity (Wildman–Crippen MR) is 219 cm³/mol. The number of piperidine rings is 1. The first kappa shape index (κ1) is 38.0. The fourth-order valence-electron chi connectivity index (χ4n) is 8.38. The van der Waals surface area contributed by atoms with Crippen LogP contribution < -0.4 is 15.2 Å². The zero-order valence-electron chi connectivity index (χ0n) is 31.4. The number of benzene rings is 1. The summed E-state index contributed by atoms with van der Waals surface area (Å²) in [7, 11) is -3.77. The third-order valence-corrected chi connectivity index (χ3v) is 14.2. The quantitative estimate of drug-likeness (QED) is 0.169. The Balaban J connectivity index is 1.08. The van der Waals surface area contributed by atoms with Crippen molar-refractivity contribution in [3.05, 3.63) is 79.9 Å². The molecular weight excluding hydrogens is 768 g/mol. The van der Waals surface area contributed by atoms with Gasteiger partial charge in [0, 0.05) is 65.0 Å². The number of rotatable bonds is 9. The lowest BCUT2D eigenvalue weighted by Gasteiger charge is -2.48. The smallest absolute Gasteiger partial charge is 0.267 e. The lowest BCUT2D eigenvalue weighted by molar-refractivity contribution is 0.0454. The van der Waals surface area contributed by atoms with Crippen LogP contribution in [-0.4, -0.2) is 76.2 Å². The van der Waals surface area contributed by atoms with Gasteiger partial charge >= 0.3 is 0 Å². The van der Waals surface area contributed by atoms with Gasteiger partial charge in [0.1, 0.15) is 23.3 Å². The van der Waals surface area contributed by atoms with Crippen molar-refractivity contribution in [2.24, 2.45) is 5.41 Å². The van der Waals surface area contributed by atoms with Gasteiger partial charge in [0.05, 0.1) is 45.2 Å². The second kappa shape index (κ2) is 14.9. The summed E-state index contributed by atoms with van der Waals surface area (Å²) in [6, 6.07) is 10.3. The van der Waals surface area contributed by atoms with Crippen molar-refractivity contribution < 1.29 is 13.2 Å². The number of pyridine rings is 2. The second-order valence-corrected chi connectivity index (χ2v) is 18.3. The van der Waals surface area contributed by atoms with Gasteiger partial charge in [-0.1, -0.05) is 23.4 Å². The number of nitriles is 1. The molecule has 1 aliphatic heterocycles. The molecule has 1 saturated heterocycles. The predicted octanol–water partition coefficient (Wildman–Crippen LogP) is 6.27. The lowest BCUT2D eigenvalue weighted by atomic mass is 9.75. The molecule has 5 heterocycles. The van der Waals surface area contributed by atoms with E-state index in [1.807, 2.05) is 0 Å². The number of aryl methyl sites for hydroxylation is 1. The van der Waals surface area contributed by atoms with Gasteiger partial charge in [-0.3, -0.25) is 19.1 Å². The average molecular weight is 809 g/mol. The average Bonchev–Trinajstić information content (AvgIpc) is 3.87. The Kier molecular flexibility index (Phi) is 10.1. The first-order valence-corrected chi connectivity index (χ1v) is 21.9. The summed E-state index contributed by atoms with van der Waals surface area (Å²) in [4.78, 5) is 45.8. The standard InChI is InChI=1S/C41H41ClN8O4S2/c1-4-49(28-11-17-48(18-12-28)29-20-41(21-29)13-14-41)38-32(22-43)35-34(23-45-38)46-25(3)50(40(35)52)16-6-7-26-8-9-27(42)19-31(26)30-10-15-44-36-33(24-55-37(30)36)39(51)47-56(53,54)5-2/h8-10,15,19,23-24,28-29H,4-5,11-14,16-18,20-21H2,1-3H3,(H,47,51). The van der Waals surface area contributed by atoms with Gasteiger partial charge in [-0.15, -0.1) is 11.3 Å². The molecule has 1 spiro atoms. The molecule has 1 amide bonds. The van der Waals surface area contributed by atoms with E-state index >= 15 is 0 Å². The number of thiophene rings is 1. The van der Waals surface area contributed by atoms with E-state index in [4.69, 9.17) is 16.6 Å². The van der Waals surface area contributed by atoms with Crippen molar-refractivity contribution in [1.82, 2.24) is 29.1 Å². The molecule has 1 aromatic carbocycles.